The molecule has 2 fully saturated rings. The van der Waals surface area contributed by atoms with E-state index in [2.05, 4.69) is 44.4 Å². The summed E-state index contributed by atoms with van der Waals surface area (Å²) in [6, 6.07) is 0. The molecule has 1 unspecified atom stereocenters. The Hall–Kier alpha value is -0.570. The summed E-state index contributed by atoms with van der Waals surface area (Å²) in [5.41, 5.74) is 0.787. The van der Waals surface area contributed by atoms with Gasteiger partial charge in [-0.1, -0.05) is 34.6 Å². The molecule has 2 saturated heterocycles. The molecule has 0 spiro atoms. The van der Waals surface area contributed by atoms with Crippen LogP contribution in [0.5, 0.6) is 0 Å². The first-order valence-electron chi connectivity index (χ1n) is 10.1. The molecule has 0 aromatic rings. The third kappa shape index (κ3) is 6.74. The van der Waals surface area contributed by atoms with Crippen LogP contribution in [0, 0.1) is 16.7 Å². The van der Waals surface area contributed by atoms with Crippen molar-refractivity contribution in [2.24, 2.45) is 16.7 Å². The van der Waals surface area contributed by atoms with Crippen molar-refractivity contribution < 1.29 is 4.79 Å². The normalized spacial score (nSPS) is 24.0. The molecule has 0 N–H and O–H groups in total. The molecule has 2 aliphatic rings. The minimum absolute atomic E-state index is 0.348. The van der Waals surface area contributed by atoms with Crippen LogP contribution in [-0.2, 0) is 4.79 Å². The van der Waals surface area contributed by atoms with Crippen molar-refractivity contribution in [2.45, 2.75) is 79.6 Å². The smallest absolute Gasteiger partial charge is 0.222 e. The van der Waals surface area contributed by atoms with Crippen molar-refractivity contribution in [1.82, 2.24) is 9.80 Å². The summed E-state index contributed by atoms with van der Waals surface area (Å²) in [6.45, 7) is 17.6. The van der Waals surface area contributed by atoms with Gasteiger partial charge in [-0.05, 0) is 68.4 Å². The zero-order valence-electron chi connectivity index (χ0n) is 16.9. The van der Waals surface area contributed by atoms with Crippen LogP contribution >= 0.6 is 0 Å². The van der Waals surface area contributed by atoms with Gasteiger partial charge in [-0.15, -0.1) is 0 Å². The average molecular weight is 337 g/mol. The number of rotatable bonds is 7. The van der Waals surface area contributed by atoms with Crippen molar-refractivity contribution in [3.63, 3.8) is 0 Å². The van der Waals surface area contributed by atoms with Gasteiger partial charge in [-0.3, -0.25) is 4.79 Å². The summed E-state index contributed by atoms with van der Waals surface area (Å²) >= 11 is 0. The van der Waals surface area contributed by atoms with Gasteiger partial charge in [-0.2, -0.15) is 0 Å². The lowest BCUT2D eigenvalue weighted by atomic mass is 9.77. The molecule has 140 valence electrons. The standard InChI is InChI=1S/C21H40N2O/c1-20(2,3)10-14-22-12-6-8-18(17-22)16-21(4,5)11-15-23-13-7-9-19(23)24/h18H,6-17H2,1-5H3. The highest BCUT2D eigenvalue weighted by atomic mass is 16.2. The van der Waals surface area contributed by atoms with Crippen LogP contribution < -0.4 is 0 Å². The molecule has 24 heavy (non-hydrogen) atoms. The first-order valence-corrected chi connectivity index (χ1v) is 10.1. The minimum atomic E-state index is 0.348. The second kappa shape index (κ2) is 8.21. The third-order valence-corrected chi connectivity index (χ3v) is 5.85. The molecule has 0 aromatic heterocycles. The summed E-state index contributed by atoms with van der Waals surface area (Å²) in [5.74, 6) is 1.21. The van der Waals surface area contributed by atoms with Crippen LogP contribution in [-0.4, -0.2) is 48.4 Å². The Morgan fingerprint density at radius 3 is 2.38 bits per heavy atom. The van der Waals surface area contributed by atoms with Crippen LogP contribution in [0.1, 0.15) is 79.6 Å². The average Bonchev–Trinajstić information content (AvgIpc) is 2.88. The van der Waals surface area contributed by atoms with E-state index >= 15 is 0 Å². The highest BCUT2D eigenvalue weighted by molar-refractivity contribution is 5.77. The Morgan fingerprint density at radius 1 is 1.00 bits per heavy atom. The Morgan fingerprint density at radius 2 is 1.75 bits per heavy atom. The summed E-state index contributed by atoms with van der Waals surface area (Å²) in [5, 5.41) is 0. The number of amides is 1. The zero-order chi connectivity index (χ0) is 17.8. The van der Waals surface area contributed by atoms with Crippen molar-refractivity contribution in [1.29, 1.82) is 0 Å². The van der Waals surface area contributed by atoms with Gasteiger partial charge in [0.1, 0.15) is 0 Å². The number of hydrogen-bond acceptors (Lipinski definition) is 2. The lowest BCUT2D eigenvalue weighted by molar-refractivity contribution is -0.128. The van der Waals surface area contributed by atoms with E-state index in [-0.39, 0.29) is 0 Å². The van der Waals surface area contributed by atoms with Gasteiger partial charge in [0.05, 0.1) is 0 Å². The maximum Gasteiger partial charge on any atom is 0.222 e. The first kappa shape index (κ1) is 19.8. The number of carbonyl (C=O) groups is 1. The Balaban J connectivity index is 1.75. The van der Waals surface area contributed by atoms with Gasteiger partial charge in [0.25, 0.3) is 0 Å². The fourth-order valence-electron chi connectivity index (χ4n) is 4.28. The van der Waals surface area contributed by atoms with Crippen LogP contribution in [0.25, 0.3) is 0 Å². The molecule has 3 heteroatoms. The monoisotopic (exact) mass is 336 g/mol. The molecule has 0 saturated carbocycles. The second-order valence-corrected chi connectivity index (χ2v) is 10.2. The second-order valence-electron chi connectivity index (χ2n) is 10.2. The lowest BCUT2D eigenvalue weighted by Gasteiger charge is -2.38. The minimum Gasteiger partial charge on any atom is -0.343 e. The van der Waals surface area contributed by atoms with Crippen molar-refractivity contribution in [2.75, 3.05) is 32.7 Å². The van der Waals surface area contributed by atoms with Crippen molar-refractivity contribution in [3.05, 3.63) is 0 Å². The lowest BCUT2D eigenvalue weighted by Crippen LogP contribution is -2.39. The first-order chi connectivity index (χ1) is 11.1. The third-order valence-electron chi connectivity index (χ3n) is 5.85. The van der Waals surface area contributed by atoms with Crippen LogP contribution in [0.15, 0.2) is 0 Å². The highest BCUT2D eigenvalue weighted by Crippen LogP contribution is 2.34. The highest BCUT2D eigenvalue weighted by Gasteiger charge is 2.29. The molecule has 3 nitrogen and oxygen atoms in total. The molecule has 0 bridgehead atoms. The van der Waals surface area contributed by atoms with E-state index in [1.807, 2.05) is 0 Å². The molecule has 2 aliphatic heterocycles. The predicted molar refractivity (Wildman–Crippen MR) is 102 cm³/mol. The topological polar surface area (TPSA) is 23.6 Å². The largest absolute Gasteiger partial charge is 0.343 e. The van der Waals surface area contributed by atoms with Crippen LogP contribution in [0.3, 0.4) is 0 Å². The summed E-state index contributed by atoms with van der Waals surface area (Å²) in [4.78, 5) is 16.6. The van der Waals surface area contributed by atoms with Gasteiger partial charge < -0.3 is 9.80 Å². The Labute approximate surface area is 150 Å². The van der Waals surface area contributed by atoms with Gasteiger partial charge in [0.15, 0.2) is 0 Å². The Bertz CT molecular complexity index is 411. The quantitative estimate of drug-likeness (QED) is 0.680. The fourth-order valence-corrected chi connectivity index (χ4v) is 4.28. The number of nitrogens with zero attached hydrogens (tertiary/aromatic N) is 2. The fraction of sp³-hybridized carbons (Fsp3) is 0.952. The van der Waals surface area contributed by atoms with E-state index in [9.17, 15) is 4.79 Å². The number of hydrogen-bond donors (Lipinski definition) is 0. The summed E-state index contributed by atoms with van der Waals surface area (Å²) in [6.07, 6.45) is 8.32. The van der Waals surface area contributed by atoms with E-state index in [0.29, 0.717) is 16.7 Å². The van der Waals surface area contributed by atoms with Crippen molar-refractivity contribution >= 4 is 5.91 Å². The Kier molecular flexibility index (Phi) is 6.75. The molecule has 0 radical (unpaired) electrons. The molecule has 1 amide bonds. The van der Waals surface area contributed by atoms with Gasteiger partial charge in [0.2, 0.25) is 5.91 Å². The van der Waals surface area contributed by atoms with E-state index < -0.39 is 0 Å². The number of carbonyl (C=O) groups excluding carboxylic acids is 1. The summed E-state index contributed by atoms with van der Waals surface area (Å²) < 4.78 is 0. The molecular weight excluding hydrogens is 296 g/mol. The maximum absolute atomic E-state index is 11.8. The summed E-state index contributed by atoms with van der Waals surface area (Å²) in [7, 11) is 0. The molecular formula is C21H40N2O. The molecule has 2 rings (SSSR count). The molecule has 0 aliphatic carbocycles. The van der Waals surface area contributed by atoms with Gasteiger partial charge >= 0.3 is 0 Å². The SMILES string of the molecule is CC(C)(C)CCN1CCCC(CC(C)(C)CCN2CCCC2=O)C1. The van der Waals surface area contributed by atoms with Gasteiger partial charge in [-0.25, -0.2) is 0 Å². The van der Waals surface area contributed by atoms with E-state index in [4.69, 9.17) is 0 Å². The predicted octanol–water partition coefficient (Wildman–Crippen LogP) is 4.56. The molecule has 1 atom stereocenters. The number of piperidine rings is 1. The van der Waals surface area contributed by atoms with Crippen LogP contribution in [0.2, 0.25) is 0 Å². The zero-order valence-corrected chi connectivity index (χ0v) is 16.9. The van der Waals surface area contributed by atoms with E-state index in [0.717, 1.165) is 38.3 Å². The maximum atomic E-state index is 11.8. The van der Waals surface area contributed by atoms with E-state index in [1.54, 1.807) is 0 Å². The molecule has 0 aromatic carbocycles. The molecule has 2 heterocycles. The van der Waals surface area contributed by atoms with Crippen molar-refractivity contribution in [3.8, 4) is 0 Å². The van der Waals surface area contributed by atoms with Crippen LogP contribution in [0.4, 0.5) is 0 Å². The van der Waals surface area contributed by atoms with E-state index in [1.165, 1.54) is 45.3 Å². The van der Waals surface area contributed by atoms with Gasteiger partial charge in [0, 0.05) is 26.1 Å². The number of likely N-dealkylation sites (tertiary alicyclic amines) is 2.